The Balaban J connectivity index is 3.50. The van der Waals surface area contributed by atoms with Gasteiger partial charge in [-0.2, -0.15) is 0 Å². The maximum atomic E-state index is 12.2. The minimum absolute atomic E-state index is 0.109. The van der Waals surface area contributed by atoms with Gasteiger partial charge in [0.2, 0.25) is 0 Å². The molecule has 0 heterocycles. The van der Waals surface area contributed by atoms with Gasteiger partial charge in [-0.3, -0.25) is 9.59 Å². The summed E-state index contributed by atoms with van der Waals surface area (Å²) in [7, 11) is 0. The highest BCUT2D eigenvalue weighted by atomic mass is 16.5. The average Bonchev–Trinajstić information content (AvgIpc) is 2.83. The van der Waals surface area contributed by atoms with E-state index in [9.17, 15) is 9.59 Å². The van der Waals surface area contributed by atoms with E-state index in [1.807, 2.05) is 0 Å². The molecule has 0 saturated heterocycles. The summed E-state index contributed by atoms with van der Waals surface area (Å²) in [6.45, 7) is 4.39. The summed E-state index contributed by atoms with van der Waals surface area (Å²) in [5, 5.41) is 8.80. The normalized spacial score (nSPS) is 12.3. The lowest BCUT2D eigenvalue weighted by Gasteiger charge is -2.17. The van der Waals surface area contributed by atoms with Crippen molar-refractivity contribution in [2.45, 2.75) is 174 Å². The molecule has 4 heteroatoms. The van der Waals surface area contributed by atoms with E-state index < -0.39 is 5.97 Å². The summed E-state index contributed by atoms with van der Waals surface area (Å²) in [6.07, 6.45) is 31.4. The van der Waals surface area contributed by atoms with Crippen LogP contribution in [0.1, 0.15) is 168 Å². The Morgan fingerprint density at radius 2 is 1.06 bits per heavy atom. The Hall–Kier alpha value is -1.32. The summed E-state index contributed by atoms with van der Waals surface area (Å²) in [5.74, 6) is -0.890. The third kappa shape index (κ3) is 27.1. The van der Waals surface area contributed by atoms with Gasteiger partial charge in [-0.05, 0) is 51.4 Å². The molecule has 0 rings (SSSR count). The molecule has 1 atom stereocenters. The third-order valence-corrected chi connectivity index (χ3v) is 6.74. The van der Waals surface area contributed by atoms with E-state index in [0.29, 0.717) is 19.3 Å². The number of allylic oxidation sites excluding steroid dienone is 2. The van der Waals surface area contributed by atoms with Gasteiger partial charge in [0.15, 0.2) is 0 Å². The SMILES string of the molecule is CCCCCCCC/C=C\CCCCCCCCCCCC(=O)OC(CCCC)CCCC(=O)O. The molecule has 0 aromatic rings. The van der Waals surface area contributed by atoms with Gasteiger partial charge in [-0.15, -0.1) is 0 Å². The molecule has 0 aromatic heterocycles. The van der Waals surface area contributed by atoms with Crippen LogP contribution in [0.25, 0.3) is 0 Å². The molecule has 0 bridgehead atoms. The average molecular weight is 495 g/mol. The van der Waals surface area contributed by atoms with Crippen LogP contribution in [0.2, 0.25) is 0 Å². The van der Waals surface area contributed by atoms with Crippen molar-refractivity contribution in [1.82, 2.24) is 0 Å². The number of carbonyl (C=O) groups is 2. The lowest BCUT2D eigenvalue weighted by molar-refractivity contribution is -0.150. The van der Waals surface area contributed by atoms with Crippen LogP contribution in [0, 0.1) is 0 Å². The van der Waals surface area contributed by atoms with Crippen LogP contribution in [0.15, 0.2) is 12.2 Å². The Bertz CT molecular complexity index is 500. The summed E-state index contributed by atoms with van der Waals surface area (Å²) in [4.78, 5) is 22.9. The van der Waals surface area contributed by atoms with Crippen LogP contribution < -0.4 is 0 Å². The van der Waals surface area contributed by atoms with E-state index in [1.165, 1.54) is 96.3 Å². The fourth-order valence-corrected chi connectivity index (χ4v) is 4.47. The van der Waals surface area contributed by atoms with E-state index in [1.54, 1.807) is 0 Å². The van der Waals surface area contributed by atoms with Gasteiger partial charge in [-0.1, -0.05) is 116 Å². The number of rotatable bonds is 27. The highest BCUT2D eigenvalue weighted by Gasteiger charge is 2.14. The Morgan fingerprint density at radius 3 is 1.57 bits per heavy atom. The number of carboxylic acid groups (broad SMARTS) is 1. The maximum Gasteiger partial charge on any atom is 0.306 e. The number of esters is 1. The standard InChI is InChI=1S/C31H58O4/c1-3-5-7-8-9-10-11-12-13-14-15-16-17-18-19-20-21-22-23-28-31(34)35-29(25-6-4-2)26-24-27-30(32)33/h12-13,29H,3-11,14-28H2,1-2H3,(H,32,33)/b13-12-. The summed E-state index contributed by atoms with van der Waals surface area (Å²) >= 11 is 0. The van der Waals surface area contributed by atoms with Crippen LogP contribution in [0.3, 0.4) is 0 Å². The Labute approximate surface area is 217 Å². The van der Waals surface area contributed by atoms with Gasteiger partial charge in [0, 0.05) is 12.8 Å². The van der Waals surface area contributed by atoms with Crippen LogP contribution in [-0.2, 0) is 14.3 Å². The van der Waals surface area contributed by atoms with Crippen molar-refractivity contribution < 1.29 is 19.4 Å². The molecule has 4 nitrogen and oxygen atoms in total. The monoisotopic (exact) mass is 494 g/mol. The van der Waals surface area contributed by atoms with Crippen molar-refractivity contribution in [3.05, 3.63) is 12.2 Å². The maximum absolute atomic E-state index is 12.2. The number of carbonyl (C=O) groups excluding carboxylic acids is 1. The van der Waals surface area contributed by atoms with Crippen molar-refractivity contribution in [1.29, 1.82) is 0 Å². The van der Waals surface area contributed by atoms with Gasteiger partial charge in [0.1, 0.15) is 6.10 Å². The smallest absolute Gasteiger partial charge is 0.306 e. The van der Waals surface area contributed by atoms with Crippen LogP contribution in [0.5, 0.6) is 0 Å². The van der Waals surface area contributed by atoms with Gasteiger partial charge in [0.05, 0.1) is 0 Å². The number of carboxylic acids is 1. The molecule has 0 aliphatic heterocycles. The second-order valence-corrected chi connectivity index (χ2v) is 10.3. The number of aliphatic carboxylic acids is 1. The number of hydrogen-bond acceptors (Lipinski definition) is 3. The Kier molecular flexibility index (Phi) is 26.2. The minimum atomic E-state index is -0.781. The van der Waals surface area contributed by atoms with Crippen LogP contribution in [0.4, 0.5) is 0 Å². The van der Waals surface area contributed by atoms with Gasteiger partial charge < -0.3 is 9.84 Å². The summed E-state index contributed by atoms with van der Waals surface area (Å²) < 4.78 is 5.63. The summed E-state index contributed by atoms with van der Waals surface area (Å²) in [6, 6.07) is 0. The first kappa shape index (κ1) is 33.7. The van der Waals surface area contributed by atoms with Crippen molar-refractivity contribution in [3.8, 4) is 0 Å². The molecule has 1 N–H and O–H groups in total. The predicted octanol–water partition coefficient (Wildman–Crippen LogP) is 9.94. The van der Waals surface area contributed by atoms with E-state index in [2.05, 4.69) is 26.0 Å². The van der Waals surface area contributed by atoms with E-state index in [-0.39, 0.29) is 18.5 Å². The molecule has 0 spiro atoms. The first-order chi connectivity index (χ1) is 17.1. The van der Waals surface area contributed by atoms with Crippen molar-refractivity contribution in [2.75, 3.05) is 0 Å². The second-order valence-electron chi connectivity index (χ2n) is 10.3. The molecular formula is C31H58O4. The number of unbranched alkanes of at least 4 members (excludes halogenated alkanes) is 16. The fraction of sp³-hybridized carbons (Fsp3) is 0.871. The first-order valence-corrected chi connectivity index (χ1v) is 15.2. The van der Waals surface area contributed by atoms with Gasteiger partial charge in [0.25, 0.3) is 0 Å². The largest absolute Gasteiger partial charge is 0.481 e. The topological polar surface area (TPSA) is 63.6 Å². The number of ether oxygens (including phenoxy) is 1. The van der Waals surface area contributed by atoms with Crippen molar-refractivity contribution in [3.63, 3.8) is 0 Å². The zero-order valence-corrected chi connectivity index (χ0v) is 23.4. The predicted molar refractivity (Wildman–Crippen MR) is 149 cm³/mol. The molecule has 0 fully saturated rings. The van der Waals surface area contributed by atoms with Gasteiger partial charge in [-0.25, -0.2) is 0 Å². The van der Waals surface area contributed by atoms with Crippen LogP contribution >= 0.6 is 0 Å². The highest BCUT2D eigenvalue weighted by Crippen LogP contribution is 2.16. The quantitative estimate of drug-likeness (QED) is 0.0701. The molecule has 1 unspecified atom stereocenters. The molecular weight excluding hydrogens is 436 g/mol. The molecule has 0 saturated carbocycles. The van der Waals surface area contributed by atoms with Crippen molar-refractivity contribution in [2.24, 2.45) is 0 Å². The molecule has 0 radical (unpaired) electrons. The third-order valence-electron chi connectivity index (χ3n) is 6.74. The lowest BCUT2D eigenvalue weighted by atomic mass is 10.0. The van der Waals surface area contributed by atoms with E-state index in [0.717, 1.165) is 32.1 Å². The highest BCUT2D eigenvalue weighted by molar-refractivity contribution is 5.69. The molecule has 0 aliphatic carbocycles. The van der Waals surface area contributed by atoms with E-state index in [4.69, 9.17) is 9.84 Å². The molecule has 0 aromatic carbocycles. The van der Waals surface area contributed by atoms with Crippen LogP contribution in [-0.4, -0.2) is 23.1 Å². The first-order valence-electron chi connectivity index (χ1n) is 15.2. The number of hydrogen-bond donors (Lipinski definition) is 1. The summed E-state index contributed by atoms with van der Waals surface area (Å²) in [5.41, 5.74) is 0. The minimum Gasteiger partial charge on any atom is -0.481 e. The fourth-order valence-electron chi connectivity index (χ4n) is 4.47. The zero-order valence-electron chi connectivity index (χ0n) is 23.4. The molecule has 0 aliphatic rings. The van der Waals surface area contributed by atoms with E-state index >= 15 is 0 Å². The molecule has 0 amide bonds. The molecule has 206 valence electrons. The second kappa shape index (κ2) is 27.3. The van der Waals surface area contributed by atoms with Crippen molar-refractivity contribution >= 4 is 11.9 Å². The molecule has 35 heavy (non-hydrogen) atoms. The zero-order chi connectivity index (χ0) is 25.8. The lowest BCUT2D eigenvalue weighted by Crippen LogP contribution is -2.18. The van der Waals surface area contributed by atoms with Gasteiger partial charge >= 0.3 is 11.9 Å². The Morgan fingerprint density at radius 1 is 0.600 bits per heavy atom.